The van der Waals surface area contributed by atoms with Gasteiger partial charge in [-0.15, -0.1) is 12.4 Å². The third-order valence-corrected chi connectivity index (χ3v) is 6.59. The average molecular weight is 437 g/mol. The summed E-state index contributed by atoms with van der Waals surface area (Å²) in [6.45, 7) is 1.59. The van der Waals surface area contributed by atoms with Crippen LogP contribution in [-0.4, -0.2) is 39.8 Å². The Morgan fingerprint density at radius 2 is 2.07 bits per heavy atom. The molecule has 2 aromatic rings. The van der Waals surface area contributed by atoms with Crippen molar-refractivity contribution in [3.63, 3.8) is 0 Å². The maximum Gasteiger partial charge on any atom is 0.341 e. The molecule has 2 aromatic heterocycles. The van der Waals surface area contributed by atoms with E-state index in [-0.39, 0.29) is 35.4 Å². The quantitative estimate of drug-likeness (QED) is 0.717. The molecule has 0 unspecified atom stereocenters. The van der Waals surface area contributed by atoms with Gasteiger partial charge in [-0.05, 0) is 31.1 Å². The van der Waals surface area contributed by atoms with E-state index in [0.29, 0.717) is 28.2 Å². The van der Waals surface area contributed by atoms with Gasteiger partial charge >= 0.3 is 5.97 Å². The number of hydrogen-bond acceptors (Lipinski definition) is 5. The molecule has 3 heterocycles. The van der Waals surface area contributed by atoms with Crippen molar-refractivity contribution in [3.05, 3.63) is 45.4 Å². The van der Waals surface area contributed by atoms with Crippen molar-refractivity contribution in [1.29, 1.82) is 0 Å². The van der Waals surface area contributed by atoms with Gasteiger partial charge in [0.2, 0.25) is 5.43 Å². The molecular formula is C20H22Cl2N4O3. The van der Waals surface area contributed by atoms with Crippen LogP contribution in [0.2, 0.25) is 5.02 Å². The molecule has 1 saturated carbocycles. The van der Waals surface area contributed by atoms with Crippen molar-refractivity contribution in [2.45, 2.75) is 31.3 Å². The molecule has 7 nitrogen and oxygen atoms in total. The lowest BCUT2D eigenvalue weighted by Gasteiger charge is -2.25. The third-order valence-electron chi connectivity index (χ3n) is 6.24. The highest BCUT2D eigenvalue weighted by molar-refractivity contribution is 6.37. The van der Waals surface area contributed by atoms with Crippen LogP contribution in [0.4, 0.5) is 5.82 Å². The molecule has 3 N–H and O–H groups in total. The number of carboxylic acid groups (broad SMARTS) is 1. The standard InChI is InChI=1S/C20H21ClN4O3.ClH/c21-16-17-12(18(26)14(20(27)28)9-25(17)11-4-5-11)6-23-19(16)24-7-10-2-1-3-15(22)13(10)8-24;/h1,3,6,9-11,13,15H,2,4-5,7-8,22H2,(H,27,28);1H/t10-,13+,15-;/m1./s1. The Morgan fingerprint density at radius 3 is 2.72 bits per heavy atom. The molecule has 2 aliphatic carbocycles. The lowest BCUT2D eigenvalue weighted by atomic mass is 9.83. The second-order valence-electron chi connectivity index (χ2n) is 8.04. The van der Waals surface area contributed by atoms with E-state index in [9.17, 15) is 14.7 Å². The minimum Gasteiger partial charge on any atom is -0.477 e. The van der Waals surface area contributed by atoms with E-state index in [1.807, 2.05) is 4.57 Å². The zero-order chi connectivity index (χ0) is 19.6. The van der Waals surface area contributed by atoms with Crippen molar-refractivity contribution in [1.82, 2.24) is 9.55 Å². The summed E-state index contributed by atoms with van der Waals surface area (Å²) in [7, 11) is 0. The Balaban J connectivity index is 0.00000205. The first kappa shape index (κ1) is 20.2. The van der Waals surface area contributed by atoms with Crippen molar-refractivity contribution in [2.24, 2.45) is 17.6 Å². The maximum atomic E-state index is 12.7. The van der Waals surface area contributed by atoms with Gasteiger partial charge in [-0.3, -0.25) is 4.79 Å². The number of carboxylic acids is 1. The van der Waals surface area contributed by atoms with Crippen LogP contribution in [0, 0.1) is 11.8 Å². The summed E-state index contributed by atoms with van der Waals surface area (Å²) in [5, 5.41) is 10.1. The summed E-state index contributed by atoms with van der Waals surface area (Å²) in [4.78, 5) is 30.8. The number of nitrogens with two attached hydrogens (primary N) is 1. The highest BCUT2D eigenvalue weighted by Gasteiger charge is 2.38. The molecule has 0 amide bonds. The SMILES string of the molecule is Cl.N[C@@H]1C=CC[C@@H]2CN(c3ncc4c(=O)c(C(=O)O)cn(C5CC5)c4c3Cl)C[C@@H]21. The fraction of sp³-hybridized carbons (Fsp3) is 0.450. The Kier molecular flexibility index (Phi) is 5.09. The molecule has 5 rings (SSSR count). The van der Waals surface area contributed by atoms with Gasteiger partial charge in [0.25, 0.3) is 0 Å². The zero-order valence-corrected chi connectivity index (χ0v) is 17.2. The van der Waals surface area contributed by atoms with E-state index in [1.54, 1.807) is 0 Å². The monoisotopic (exact) mass is 436 g/mol. The van der Waals surface area contributed by atoms with Gasteiger partial charge in [0.15, 0.2) is 0 Å². The molecule has 3 atom stereocenters. The number of aromatic nitrogens is 2. The van der Waals surface area contributed by atoms with Crippen LogP contribution in [0.15, 0.2) is 29.3 Å². The fourth-order valence-corrected chi connectivity index (χ4v) is 4.98. The van der Waals surface area contributed by atoms with Crippen LogP contribution in [-0.2, 0) is 0 Å². The van der Waals surface area contributed by atoms with Gasteiger partial charge in [0.1, 0.15) is 16.4 Å². The number of aromatic carboxylic acids is 1. The van der Waals surface area contributed by atoms with E-state index in [0.717, 1.165) is 32.4 Å². The summed E-state index contributed by atoms with van der Waals surface area (Å²) in [6, 6.07) is 0.207. The van der Waals surface area contributed by atoms with Crippen LogP contribution in [0.3, 0.4) is 0 Å². The smallest absolute Gasteiger partial charge is 0.341 e. The van der Waals surface area contributed by atoms with Gasteiger partial charge in [-0.25, -0.2) is 9.78 Å². The molecule has 0 bridgehead atoms. The number of allylic oxidation sites excluding steroid dienone is 1. The number of carbonyl (C=O) groups is 1. The minimum atomic E-state index is -1.23. The first-order chi connectivity index (χ1) is 13.5. The number of hydrogen-bond donors (Lipinski definition) is 2. The maximum absolute atomic E-state index is 12.7. The van der Waals surface area contributed by atoms with E-state index >= 15 is 0 Å². The molecule has 1 aliphatic heterocycles. The van der Waals surface area contributed by atoms with Crippen molar-refractivity contribution < 1.29 is 9.90 Å². The number of rotatable bonds is 3. The lowest BCUT2D eigenvalue weighted by Crippen LogP contribution is -2.35. The predicted molar refractivity (Wildman–Crippen MR) is 114 cm³/mol. The number of halogens is 2. The summed E-state index contributed by atoms with van der Waals surface area (Å²) in [6.07, 6.45) is 10.0. The Bertz CT molecular complexity index is 1080. The normalized spacial score (nSPS) is 25.7. The van der Waals surface area contributed by atoms with E-state index in [1.165, 1.54) is 12.4 Å². The number of anilines is 1. The van der Waals surface area contributed by atoms with E-state index in [4.69, 9.17) is 17.3 Å². The van der Waals surface area contributed by atoms with Crippen LogP contribution in [0.25, 0.3) is 10.9 Å². The highest BCUT2D eigenvalue weighted by atomic mass is 35.5. The first-order valence-electron chi connectivity index (χ1n) is 9.59. The Hall–Kier alpha value is -2.09. The molecule has 1 saturated heterocycles. The number of fused-ring (bicyclic) bond motifs is 2. The largest absolute Gasteiger partial charge is 0.477 e. The van der Waals surface area contributed by atoms with Gasteiger partial charge in [-0.2, -0.15) is 0 Å². The number of nitrogens with zero attached hydrogens (tertiary/aromatic N) is 3. The topological polar surface area (TPSA) is 101 Å². The van der Waals surface area contributed by atoms with Crippen LogP contribution < -0.4 is 16.1 Å². The summed E-state index contributed by atoms with van der Waals surface area (Å²) >= 11 is 6.78. The molecular weight excluding hydrogens is 415 g/mol. The van der Waals surface area contributed by atoms with Crippen LogP contribution in [0.1, 0.15) is 35.7 Å². The summed E-state index contributed by atoms with van der Waals surface area (Å²) in [5.74, 6) is 0.242. The van der Waals surface area contributed by atoms with Gasteiger partial charge in [0, 0.05) is 37.6 Å². The Labute approximate surface area is 178 Å². The molecule has 0 spiro atoms. The first-order valence-corrected chi connectivity index (χ1v) is 9.97. The van der Waals surface area contributed by atoms with Crippen LogP contribution >= 0.6 is 24.0 Å². The molecule has 0 radical (unpaired) electrons. The van der Waals surface area contributed by atoms with Crippen molar-refractivity contribution in [2.75, 3.05) is 18.0 Å². The molecule has 2 fully saturated rings. The fourth-order valence-electron chi connectivity index (χ4n) is 4.62. The van der Waals surface area contributed by atoms with Gasteiger partial charge in [-0.1, -0.05) is 23.8 Å². The summed E-state index contributed by atoms with van der Waals surface area (Å²) < 4.78 is 1.85. The molecule has 3 aliphatic rings. The van der Waals surface area contributed by atoms with Gasteiger partial charge in [0.05, 0.1) is 10.9 Å². The number of pyridine rings is 2. The molecule has 29 heavy (non-hydrogen) atoms. The van der Waals surface area contributed by atoms with Crippen molar-refractivity contribution >= 4 is 46.7 Å². The Morgan fingerprint density at radius 1 is 1.31 bits per heavy atom. The molecule has 154 valence electrons. The summed E-state index contributed by atoms with van der Waals surface area (Å²) in [5.41, 5.74) is 6.06. The lowest BCUT2D eigenvalue weighted by molar-refractivity contribution is 0.0695. The van der Waals surface area contributed by atoms with E-state index < -0.39 is 11.4 Å². The minimum absolute atomic E-state index is 0. The second kappa shape index (κ2) is 7.31. The van der Waals surface area contributed by atoms with E-state index in [2.05, 4.69) is 22.0 Å². The average Bonchev–Trinajstić information content (AvgIpc) is 3.41. The van der Waals surface area contributed by atoms with Gasteiger partial charge < -0.3 is 20.3 Å². The highest BCUT2D eigenvalue weighted by Crippen LogP contribution is 2.42. The second-order valence-corrected chi connectivity index (χ2v) is 8.42. The van der Waals surface area contributed by atoms with Crippen LogP contribution in [0.5, 0.6) is 0 Å². The molecule has 0 aromatic carbocycles. The third kappa shape index (κ3) is 3.21. The predicted octanol–water partition coefficient (Wildman–Crippen LogP) is 2.84. The van der Waals surface area contributed by atoms with Crippen molar-refractivity contribution in [3.8, 4) is 0 Å². The molecule has 9 heteroatoms. The zero-order valence-electron chi connectivity index (χ0n) is 15.6.